The Morgan fingerprint density at radius 2 is 1.62 bits per heavy atom. The van der Waals surface area contributed by atoms with E-state index in [9.17, 15) is 4.79 Å². The molecule has 4 fully saturated rings. The summed E-state index contributed by atoms with van der Waals surface area (Å²) >= 11 is 0. The first-order chi connectivity index (χ1) is 18.0. The Morgan fingerprint density at radius 1 is 0.973 bits per heavy atom. The Kier molecular flexibility index (Phi) is 6.35. The normalized spacial score (nSPS) is 25.6. The number of anilines is 1. The van der Waals surface area contributed by atoms with Crippen molar-refractivity contribution in [3.8, 4) is 17.1 Å². The minimum Gasteiger partial charge on any atom is -0.489 e. The van der Waals surface area contributed by atoms with Gasteiger partial charge in [-0.25, -0.2) is 14.8 Å². The second kappa shape index (κ2) is 9.81. The molecule has 3 aromatic rings. The molecule has 0 saturated heterocycles. The van der Waals surface area contributed by atoms with Gasteiger partial charge in [-0.05, 0) is 92.4 Å². The van der Waals surface area contributed by atoms with Gasteiger partial charge in [0.05, 0.1) is 24.7 Å². The quantitative estimate of drug-likeness (QED) is 0.360. The Labute approximate surface area is 219 Å². The van der Waals surface area contributed by atoms with Crippen LogP contribution >= 0.6 is 0 Å². The molecule has 192 valence electrons. The molecular weight excluding hydrogens is 462 g/mol. The predicted octanol–water partition coefficient (Wildman–Crippen LogP) is 6.78. The van der Waals surface area contributed by atoms with Crippen molar-refractivity contribution in [1.82, 2.24) is 9.97 Å². The average molecular weight is 498 g/mol. The highest BCUT2D eigenvalue weighted by Gasteiger charge is 2.52. The molecule has 4 bridgehead atoms. The van der Waals surface area contributed by atoms with Gasteiger partial charge in [-0.1, -0.05) is 30.3 Å². The standard InChI is InChI=1S/C31H35N3O3/c1-3-36-30(35)34(2)26-18-32-29(33-19-26)25-9-10-28(37-20-21-7-5-4-6-8-21)27(14-25)31-15-22-11-23(16-31)13-24(12-22)17-31/h4-10,14,18-19,22-24H,3,11-13,15-17,20H2,1-2H3. The van der Waals surface area contributed by atoms with Gasteiger partial charge in [0.15, 0.2) is 5.82 Å². The van der Waals surface area contributed by atoms with Crippen molar-refractivity contribution in [2.24, 2.45) is 17.8 Å². The van der Waals surface area contributed by atoms with Crippen molar-refractivity contribution in [3.05, 3.63) is 72.1 Å². The van der Waals surface area contributed by atoms with Crippen LogP contribution in [0, 0.1) is 17.8 Å². The lowest BCUT2D eigenvalue weighted by atomic mass is 9.48. The number of carbonyl (C=O) groups is 1. The number of hydrogen-bond acceptors (Lipinski definition) is 5. The molecule has 4 aliphatic carbocycles. The summed E-state index contributed by atoms with van der Waals surface area (Å²) in [6.07, 6.45) is 10.9. The lowest BCUT2D eigenvalue weighted by Gasteiger charge is -2.57. The first-order valence-corrected chi connectivity index (χ1v) is 13.6. The maximum Gasteiger partial charge on any atom is 0.414 e. The molecule has 0 atom stereocenters. The second-order valence-electron chi connectivity index (χ2n) is 11.2. The average Bonchev–Trinajstić information content (AvgIpc) is 2.91. The first kappa shape index (κ1) is 24.0. The fourth-order valence-corrected chi connectivity index (χ4v) is 7.35. The van der Waals surface area contributed by atoms with E-state index in [1.807, 2.05) is 6.07 Å². The fourth-order valence-electron chi connectivity index (χ4n) is 7.35. The van der Waals surface area contributed by atoms with Crippen molar-refractivity contribution >= 4 is 11.8 Å². The molecule has 4 aliphatic rings. The van der Waals surface area contributed by atoms with Gasteiger partial charge in [-0.15, -0.1) is 0 Å². The van der Waals surface area contributed by atoms with Gasteiger partial charge in [-0.2, -0.15) is 0 Å². The molecule has 0 radical (unpaired) electrons. The molecule has 0 N–H and O–H groups in total. The largest absolute Gasteiger partial charge is 0.489 e. The molecule has 6 heteroatoms. The van der Waals surface area contributed by atoms with Crippen LogP contribution in [0.5, 0.6) is 5.75 Å². The number of nitrogens with zero attached hydrogens (tertiary/aromatic N) is 3. The summed E-state index contributed by atoms with van der Waals surface area (Å²) in [6, 6.07) is 16.8. The molecule has 7 rings (SSSR count). The van der Waals surface area contributed by atoms with E-state index in [4.69, 9.17) is 9.47 Å². The smallest absolute Gasteiger partial charge is 0.414 e. The molecular formula is C31H35N3O3. The van der Waals surface area contributed by atoms with E-state index in [1.54, 1.807) is 26.4 Å². The summed E-state index contributed by atoms with van der Waals surface area (Å²) in [6.45, 7) is 2.68. The highest BCUT2D eigenvalue weighted by molar-refractivity contribution is 5.86. The molecule has 1 aromatic heterocycles. The Hall–Kier alpha value is -3.41. The van der Waals surface area contributed by atoms with E-state index in [2.05, 4.69) is 52.4 Å². The van der Waals surface area contributed by atoms with Crippen LogP contribution in [0.1, 0.15) is 56.6 Å². The van der Waals surface area contributed by atoms with Gasteiger partial charge in [0.25, 0.3) is 0 Å². The minimum atomic E-state index is -0.414. The number of amides is 1. The third-order valence-electron chi connectivity index (χ3n) is 8.65. The maximum absolute atomic E-state index is 12.1. The molecule has 1 amide bonds. The van der Waals surface area contributed by atoms with Gasteiger partial charge in [0.2, 0.25) is 0 Å². The number of benzene rings is 2. The van der Waals surface area contributed by atoms with Crippen LogP contribution in [-0.2, 0) is 16.8 Å². The van der Waals surface area contributed by atoms with Crippen molar-refractivity contribution < 1.29 is 14.3 Å². The topological polar surface area (TPSA) is 64.5 Å². The summed E-state index contributed by atoms with van der Waals surface area (Å²) < 4.78 is 11.6. The summed E-state index contributed by atoms with van der Waals surface area (Å²) in [4.78, 5) is 22.8. The zero-order valence-electron chi connectivity index (χ0n) is 21.7. The van der Waals surface area contributed by atoms with E-state index < -0.39 is 6.09 Å². The second-order valence-corrected chi connectivity index (χ2v) is 11.2. The van der Waals surface area contributed by atoms with Gasteiger partial charge < -0.3 is 9.47 Å². The Balaban J connectivity index is 1.33. The molecule has 37 heavy (non-hydrogen) atoms. The van der Waals surface area contributed by atoms with Crippen LogP contribution in [0.2, 0.25) is 0 Å². The van der Waals surface area contributed by atoms with Crippen LogP contribution in [0.15, 0.2) is 60.9 Å². The molecule has 1 heterocycles. The number of carbonyl (C=O) groups excluding carboxylic acids is 1. The van der Waals surface area contributed by atoms with Crippen LogP contribution in [0.25, 0.3) is 11.4 Å². The molecule has 2 aromatic carbocycles. The van der Waals surface area contributed by atoms with E-state index in [0.717, 1.165) is 29.1 Å². The number of aromatic nitrogens is 2. The Bertz CT molecular complexity index is 1220. The molecule has 0 spiro atoms. The molecule has 6 nitrogen and oxygen atoms in total. The minimum absolute atomic E-state index is 0.181. The predicted molar refractivity (Wildman–Crippen MR) is 144 cm³/mol. The fraction of sp³-hybridized carbons (Fsp3) is 0.452. The summed E-state index contributed by atoms with van der Waals surface area (Å²) in [5.74, 6) is 4.16. The van der Waals surface area contributed by atoms with Gasteiger partial charge >= 0.3 is 6.09 Å². The van der Waals surface area contributed by atoms with E-state index in [1.165, 1.54) is 54.6 Å². The van der Waals surface area contributed by atoms with Gasteiger partial charge in [0, 0.05) is 18.2 Å². The highest BCUT2D eigenvalue weighted by atomic mass is 16.6. The van der Waals surface area contributed by atoms with Gasteiger partial charge in [-0.3, -0.25) is 4.90 Å². The van der Waals surface area contributed by atoms with E-state index in [-0.39, 0.29) is 5.41 Å². The number of ether oxygens (including phenoxy) is 2. The van der Waals surface area contributed by atoms with E-state index in [0.29, 0.717) is 24.7 Å². The highest BCUT2D eigenvalue weighted by Crippen LogP contribution is 2.62. The van der Waals surface area contributed by atoms with Crippen LogP contribution < -0.4 is 9.64 Å². The third kappa shape index (κ3) is 4.70. The monoisotopic (exact) mass is 497 g/mol. The third-order valence-corrected chi connectivity index (χ3v) is 8.65. The lowest BCUT2D eigenvalue weighted by Crippen LogP contribution is -2.48. The van der Waals surface area contributed by atoms with Crippen LogP contribution in [0.4, 0.5) is 10.5 Å². The van der Waals surface area contributed by atoms with Crippen molar-refractivity contribution in [1.29, 1.82) is 0 Å². The Morgan fingerprint density at radius 3 is 2.24 bits per heavy atom. The zero-order chi connectivity index (χ0) is 25.4. The molecule has 4 saturated carbocycles. The van der Waals surface area contributed by atoms with Crippen molar-refractivity contribution in [2.45, 2.75) is 57.5 Å². The van der Waals surface area contributed by atoms with Crippen LogP contribution in [0.3, 0.4) is 0 Å². The van der Waals surface area contributed by atoms with E-state index >= 15 is 0 Å². The molecule has 0 unspecified atom stereocenters. The van der Waals surface area contributed by atoms with Gasteiger partial charge in [0.1, 0.15) is 12.4 Å². The molecule has 0 aliphatic heterocycles. The van der Waals surface area contributed by atoms with Crippen LogP contribution in [-0.4, -0.2) is 29.7 Å². The number of hydrogen-bond donors (Lipinski definition) is 0. The maximum atomic E-state index is 12.1. The first-order valence-electron chi connectivity index (χ1n) is 13.6. The SMILES string of the molecule is CCOC(=O)N(C)c1cnc(-c2ccc(OCc3ccccc3)c(C34CC5CC(CC(C5)C3)C4)c2)nc1. The number of rotatable bonds is 7. The summed E-state index contributed by atoms with van der Waals surface area (Å²) in [5.41, 5.74) is 4.28. The summed E-state index contributed by atoms with van der Waals surface area (Å²) in [5, 5.41) is 0. The summed E-state index contributed by atoms with van der Waals surface area (Å²) in [7, 11) is 1.67. The van der Waals surface area contributed by atoms with Crippen molar-refractivity contribution in [2.75, 3.05) is 18.6 Å². The zero-order valence-corrected chi connectivity index (χ0v) is 21.7. The lowest BCUT2D eigenvalue weighted by molar-refractivity contribution is -0.00645. The van der Waals surface area contributed by atoms with Crippen molar-refractivity contribution in [3.63, 3.8) is 0 Å².